The fraction of sp³-hybridized carbons (Fsp3) is 0.533. The van der Waals surface area contributed by atoms with Crippen molar-refractivity contribution >= 4 is 23.6 Å². The molecule has 4 aromatic carbocycles. The molecule has 9 heteroatoms. The molecule has 0 aliphatic carbocycles. The summed E-state index contributed by atoms with van der Waals surface area (Å²) < 4.78 is 0. The molecule has 0 N–H and O–H groups in total. The zero-order valence-electron chi connectivity index (χ0n) is 47.2. The van der Waals surface area contributed by atoms with Crippen LogP contribution in [0.2, 0.25) is 0 Å². The van der Waals surface area contributed by atoms with Crippen LogP contribution in [0.25, 0.3) is 0 Å². The van der Waals surface area contributed by atoms with Gasteiger partial charge in [0.2, 0.25) is 0 Å². The third kappa shape index (κ3) is 26.8. The second kappa shape index (κ2) is 25.5. The van der Waals surface area contributed by atoms with Crippen LogP contribution < -0.4 is 20.4 Å². The van der Waals surface area contributed by atoms with Crippen molar-refractivity contribution in [3.63, 3.8) is 0 Å². The van der Waals surface area contributed by atoms with Crippen LogP contribution in [-0.2, 0) is 21.7 Å². The Morgan fingerprint density at radius 2 is 0.362 bits per heavy atom. The molecule has 0 aliphatic rings. The molecule has 69 heavy (non-hydrogen) atoms. The molecule has 0 bridgehead atoms. The Kier molecular flexibility index (Phi) is 24.0. The first-order chi connectivity index (χ1) is 30.4. The molecule has 376 valence electrons. The van der Waals surface area contributed by atoms with Crippen molar-refractivity contribution in [3.05, 3.63) is 142 Å². The Bertz CT molecular complexity index is 1950. The van der Waals surface area contributed by atoms with Gasteiger partial charge in [0, 0.05) is 0 Å². The topological polar surface area (TPSA) is 142 Å². The van der Waals surface area contributed by atoms with Gasteiger partial charge in [-0.25, -0.2) is 0 Å². The molecular weight excluding hydrogens is 1070 g/mol. The summed E-state index contributed by atoms with van der Waals surface area (Å²) >= 11 is 0. The Labute approximate surface area is 452 Å². The first-order valence-electron chi connectivity index (χ1n) is 23.9. The molecule has 0 spiro atoms. The van der Waals surface area contributed by atoms with Gasteiger partial charge in [0.15, 0.2) is 0 Å². The van der Waals surface area contributed by atoms with Crippen LogP contribution in [-0.4, -0.2) is 45.7 Å². The maximum Gasteiger partial charge on any atom is 4.00 e. The zero-order chi connectivity index (χ0) is 53.1. The van der Waals surface area contributed by atoms with Crippen LogP contribution in [0, 0.1) is 39.9 Å². The van der Waals surface area contributed by atoms with Crippen LogP contribution >= 0.6 is 0 Å². The predicted octanol–water partition coefficient (Wildman–Crippen LogP) is 11.6. The number of nitrogens with zero attached hydrogens (tertiary/aromatic N) is 4. The first-order valence-corrected chi connectivity index (χ1v) is 23.9. The molecule has 8 nitrogen and oxygen atoms in total. The van der Waals surface area contributed by atoms with E-state index in [-0.39, 0.29) is 107 Å². The Balaban J connectivity index is 0.000000889. The molecule has 0 amide bonds. The number of aliphatic imine (C=N–C) groups is 4. The standard InChI is InChI=1S/4C15H23NO.Th/c4*1-14(2,3)12-9-7-11(8-10-12)13(17)16-15(4,5)6;/h4*7-10H,1-6H3,(H,16,17);/q;;;;+4/p-4. The zero-order valence-corrected chi connectivity index (χ0v) is 51.3. The summed E-state index contributed by atoms with van der Waals surface area (Å²) in [6.45, 7) is 49.0. The molecular formula is C60H88N4O4Th. The molecule has 4 rings (SSSR count). The minimum absolute atomic E-state index is 0. The summed E-state index contributed by atoms with van der Waals surface area (Å²) in [6, 6.07) is 30.9. The van der Waals surface area contributed by atoms with Crippen LogP contribution in [0.5, 0.6) is 0 Å². The fourth-order valence-corrected chi connectivity index (χ4v) is 5.93. The van der Waals surface area contributed by atoms with Crippen molar-refractivity contribution < 1.29 is 60.4 Å². The summed E-state index contributed by atoms with van der Waals surface area (Å²) in [5.41, 5.74) is 6.72. The molecule has 0 aromatic heterocycles. The molecule has 0 fully saturated rings. The third-order valence-electron chi connectivity index (χ3n) is 9.74. The van der Waals surface area contributed by atoms with Gasteiger partial charge >= 0.3 is 39.9 Å². The van der Waals surface area contributed by atoms with Crippen molar-refractivity contribution in [2.24, 2.45) is 20.0 Å². The third-order valence-corrected chi connectivity index (χ3v) is 9.74. The summed E-state index contributed by atoms with van der Waals surface area (Å²) in [5.74, 6) is -0.563. The SMILES string of the molecule is CC(C)(C)N=C([O-])c1ccc(C(C)(C)C)cc1.CC(C)(C)N=C([O-])c1ccc(C(C)(C)C)cc1.CC(C)(C)N=C([O-])c1ccc(C(C)(C)C)cc1.CC(C)(C)N=C([O-])c1ccc(C(C)(C)C)cc1.[Th+4]. The van der Waals surface area contributed by atoms with E-state index in [9.17, 15) is 20.4 Å². The van der Waals surface area contributed by atoms with Crippen LogP contribution in [0.4, 0.5) is 0 Å². The van der Waals surface area contributed by atoms with Gasteiger partial charge in [0.05, 0.1) is 22.2 Å². The first kappa shape index (κ1) is 65.1. The molecule has 0 heterocycles. The van der Waals surface area contributed by atoms with E-state index < -0.39 is 0 Å². The van der Waals surface area contributed by atoms with Gasteiger partial charge in [-0.15, -0.1) is 0 Å². The second-order valence-electron chi connectivity index (χ2n) is 25.7. The Morgan fingerprint density at radius 3 is 0.449 bits per heavy atom. The molecule has 0 saturated heterocycles. The van der Waals surface area contributed by atoms with Crippen molar-refractivity contribution in [1.29, 1.82) is 0 Å². The van der Waals surface area contributed by atoms with Crippen LogP contribution in [0.15, 0.2) is 117 Å². The summed E-state index contributed by atoms with van der Waals surface area (Å²) in [5, 5.41) is 47.4. The fourth-order valence-electron chi connectivity index (χ4n) is 5.93. The van der Waals surface area contributed by atoms with Gasteiger partial charge in [-0.2, -0.15) is 0 Å². The normalized spacial score (nSPS) is 13.7. The smallest absolute Gasteiger partial charge is 0.858 e. The molecule has 0 radical (unpaired) electrons. The molecule has 0 saturated carbocycles. The maximum atomic E-state index is 11.9. The minimum atomic E-state index is -0.320. The van der Waals surface area contributed by atoms with Crippen LogP contribution in [0.3, 0.4) is 0 Å². The maximum absolute atomic E-state index is 11.9. The van der Waals surface area contributed by atoms with Gasteiger partial charge in [-0.3, -0.25) is 20.0 Å². The van der Waals surface area contributed by atoms with E-state index in [1.165, 1.54) is 22.3 Å². The van der Waals surface area contributed by atoms with Crippen molar-refractivity contribution in [3.8, 4) is 0 Å². The summed E-state index contributed by atoms with van der Waals surface area (Å²) in [7, 11) is 0. The summed E-state index contributed by atoms with van der Waals surface area (Å²) in [4.78, 5) is 16.5. The number of benzene rings is 4. The van der Waals surface area contributed by atoms with Gasteiger partial charge in [-0.1, -0.05) is 180 Å². The average molecular weight is 1160 g/mol. The quantitative estimate of drug-likeness (QED) is 0.148. The van der Waals surface area contributed by atoms with Crippen molar-refractivity contribution in [2.45, 2.75) is 210 Å². The minimum Gasteiger partial charge on any atom is -0.858 e. The average Bonchev–Trinajstić information content (AvgIpc) is 3.15. The number of rotatable bonds is 4. The van der Waals surface area contributed by atoms with E-state index in [2.05, 4.69) is 103 Å². The van der Waals surface area contributed by atoms with Gasteiger partial charge in [-0.05, 0) is 173 Å². The van der Waals surface area contributed by atoms with E-state index in [0.717, 1.165) is 0 Å². The van der Waals surface area contributed by atoms with Gasteiger partial charge in [0.1, 0.15) is 0 Å². The van der Waals surface area contributed by atoms with E-state index in [4.69, 9.17) is 0 Å². The van der Waals surface area contributed by atoms with E-state index in [1.807, 2.05) is 180 Å². The summed E-state index contributed by atoms with van der Waals surface area (Å²) in [6.07, 6.45) is 0. The Morgan fingerprint density at radius 1 is 0.246 bits per heavy atom. The predicted molar refractivity (Wildman–Crippen MR) is 286 cm³/mol. The number of hydrogen-bond donors (Lipinski definition) is 0. The van der Waals surface area contributed by atoms with E-state index in [1.54, 1.807) is 0 Å². The molecule has 0 atom stereocenters. The largest absolute Gasteiger partial charge is 4.00 e. The second-order valence-corrected chi connectivity index (χ2v) is 25.7. The van der Waals surface area contributed by atoms with E-state index in [0.29, 0.717) is 22.3 Å². The Hall–Kier alpha value is -3.92. The van der Waals surface area contributed by atoms with Crippen LogP contribution in [0.1, 0.15) is 211 Å². The monoisotopic (exact) mass is 1160 g/mol. The van der Waals surface area contributed by atoms with E-state index >= 15 is 0 Å². The molecule has 0 aliphatic heterocycles. The van der Waals surface area contributed by atoms with Gasteiger partial charge < -0.3 is 20.4 Å². The molecule has 0 unspecified atom stereocenters. The number of hydrogen-bond acceptors (Lipinski definition) is 8. The van der Waals surface area contributed by atoms with Crippen molar-refractivity contribution in [1.82, 2.24) is 0 Å². The van der Waals surface area contributed by atoms with Gasteiger partial charge in [0.25, 0.3) is 0 Å². The van der Waals surface area contributed by atoms with Crippen molar-refractivity contribution in [2.75, 3.05) is 0 Å². The molecule has 4 aromatic rings.